The third kappa shape index (κ3) is 3.74. The molecule has 3 rings (SSSR count). The Kier molecular flexibility index (Phi) is 4.86. The summed E-state index contributed by atoms with van der Waals surface area (Å²) >= 11 is 1.71. The van der Waals surface area contributed by atoms with Crippen LogP contribution in [0.25, 0.3) is 10.8 Å². The SMILES string of the molecule is O=C(CCc1cccs1)NCCc1cccc2ccccc12. The number of aryl methyl sites for hydroxylation is 1. The maximum atomic E-state index is 11.9. The Hall–Kier alpha value is -2.13. The molecule has 3 heteroatoms. The molecule has 1 aromatic heterocycles. The summed E-state index contributed by atoms with van der Waals surface area (Å²) in [6.45, 7) is 0.692. The predicted molar refractivity (Wildman–Crippen MR) is 93.3 cm³/mol. The van der Waals surface area contributed by atoms with E-state index in [-0.39, 0.29) is 5.91 Å². The van der Waals surface area contributed by atoms with Crippen molar-refractivity contribution in [3.63, 3.8) is 0 Å². The largest absolute Gasteiger partial charge is 0.356 e. The molecule has 112 valence electrons. The van der Waals surface area contributed by atoms with E-state index in [1.807, 2.05) is 11.4 Å². The summed E-state index contributed by atoms with van der Waals surface area (Å²) in [5.74, 6) is 0.133. The van der Waals surface area contributed by atoms with E-state index < -0.39 is 0 Å². The van der Waals surface area contributed by atoms with Crippen molar-refractivity contribution >= 4 is 28.0 Å². The quantitative estimate of drug-likeness (QED) is 0.726. The van der Waals surface area contributed by atoms with Crippen LogP contribution in [-0.2, 0) is 17.6 Å². The summed E-state index contributed by atoms with van der Waals surface area (Å²) in [7, 11) is 0. The van der Waals surface area contributed by atoms with E-state index in [4.69, 9.17) is 0 Å². The second kappa shape index (κ2) is 7.23. The number of thiophene rings is 1. The fraction of sp³-hybridized carbons (Fsp3) is 0.211. The van der Waals surface area contributed by atoms with Crippen molar-refractivity contribution in [3.8, 4) is 0 Å². The maximum Gasteiger partial charge on any atom is 0.220 e. The van der Waals surface area contributed by atoms with Crippen LogP contribution in [0.1, 0.15) is 16.9 Å². The maximum absolute atomic E-state index is 11.9. The summed E-state index contributed by atoms with van der Waals surface area (Å²) in [5.41, 5.74) is 1.29. The summed E-state index contributed by atoms with van der Waals surface area (Å²) in [4.78, 5) is 13.2. The van der Waals surface area contributed by atoms with Gasteiger partial charge in [-0.2, -0.15) is 0 Å². The summed E-state index contributed by atoms with van der Waals surface area (Å²) in [6.07, 6.45) is 2.26. The fourth-order valence-electron chi connectivity index (χ4n) is 2.63. The molecule has 0 saturated carbocycles. The van der Waals surface area contributed by atoms with E-state index >= 15 is 0 Å². The van der Waals surface area contributed by atoms with Gasteiger partial charge in [-0.15, -0.1) is 11.3 Å². The molecule has 0 radical (unpaired) electrons. The first-order valence-electron chi connectivity index (χ1n) is 7.58. The van der Waals surface area contributed by atoms with Crippen LogP contribution in [0.3, 0.4) is 0 Å². The summed E-state index contributed by atoms with van der Waals surface area (Å²) in [5, 5.41) is 7.60. The van der Waals surface area contributed by atoms with Gasteiger partial charge in [-0.25, -0.2) is 0 Å². The molecular formula is C19H19NOS. The van der Waals surface area contributed by atoms with Crippen molar-refractivity contribution in [2.75, 3.05) is 6.54 Å². The number of carbonyl (C=O) groups is 1. The molecule has 2 nitrogen and oxygen atoms in total. The molecule has 0 unspecified atom stereocenters. The second-order valence-electron chi connectivity index (χ2n) is 5.32. The number of hydrogen-bond donors (Lipinski definition) is 1. The van der Waals surface area contributed by atoms with Crippen LogP contribution in [0.15, 0.2) is 60.0 Å². The van der Waals surface area contributed by atoms with Gasteiger partial charge in [0.15, 0.2) is 0 Å². The number of amides is 1. The number of fused-ring (bicyclic) bond motifs is 1. The first kappa shape index (κ1) is 14.8. The Morgan fingerprint density at radius 2 is 1.82 bits per heavy atom. The Morgan fingerprint density at radius 3 is 2.68 bits per heavy atom. The average Bonchev–Trinajstić information content (AvgIpc) is 3.07. The van der Waals surface area contributed by atoms with Gasteiger partial charge in [0.1, 0.15) is 0 Å². The number of nitrogens with one attached hydrogen (secondary N) is 1. The number of carbonyl (C=O) groups excluding carboxylic acids is 1. The zero-order valence-electron chi connectivity index (χ0n) is 12.4. The van der Waals surface area contributed by atoms with Crippen LogP contribution < -0.4 is 5.32 Å². The minimum Gasteiger partial charge on any atom is -0.356 e. The van der Waals surface area contributed by atoms with Gasteiger partial charge in [0.25, 0.3) is 0 Å². The monoisotopic (exact) mass is 309 g/mol. The van der Waals surface area contributed by atoms with Crippen LogP contribution >= 0.6 is 11.3 Å². The first-order valence-corrected chi connectivity index (χ1v) is 8.46. The molecule has 0 aliphatic carbocycles. The highest BCUT2D eigenvalue weighted by molar-refractivity contribution is 7.09. The molecule has 0 bridgehead atoms. The summed E-state index contributed by atoms with van der Waals surface area (Å²) in [6, 6.07) is 18.8. The third-order valence-electron chi connectivity index (χ3n) is 3.78. The van der Waals surface area contributed by atoms with E-state index in [9.17, 15) is 4.79 Å². The topological polar surface area (TPSA) is 29.1 Å². The van der Waals surface area contributed by atoms with E-state index in [0.29, 0.717) is 13.0 Å². The summed E-state index contributed by atoms with van der Waals surface area (Å²) < 4.78 is 0. The molecule has 1 amide bonds. The minimum atomic E-state index is 0.133. The lowest BCUT2D eigenvalue weighted by Crippen LogP contribution is -2.25. The first-order chi connectivity index (χ1) is 10.8. The third-order valence-corrected chi connectivity index (χ3v) is 4.71. The minimum absolute atomic E-state index is 0.133. The molecule has 0 aliphatic heterocycles. The van der Waals surface area contributed by atoms with Crippen molar-refractivity contribution in [2.24, 2.45) is 0 Å². The zero-order valence-corrected chi connectivity index (χ0v) is 13.2. The van der Waals surface area contributed by atoms with Gasteiger partial charge in [0.05, 0.1) is 0 Å². The Bertz CT molecular complexity index is 744. The Labute approximate surface area is 134 Å². The van der Waals surface area contributed by atoms with Crippen LogP contribution in [-0.4, -0.2) is 12.5 Å². The highest BCUT2D eigenvalue weighted by Gasteiger charge is 2.04. The van der Waals surface area contributed by atoms with E-state index in [2.05, 4.69) is 53.8 Å². The van der Waals surface area contributed by atoms with Gasteiger partial charge in [-0.05, 0) is 40.6 Å². The number of hydrogen-bond acceptors (Lipinski definition) is 2. The molecule has 0 fully saturated rings. The molecule has 0 saturated heterocycles. The van der Waals surface area contributed by atoms with E-state index in [0.717, 1.165) is 12.8 Å². The Morgan fingerprint density at radius 1 is 0.955 bits per heavy atom. The second-order valence-corrected chi connectivity index (χ2v) is 6.35. The van der Waals surface area contributed by atoms with Crippen molar-refractivity contribution in [3.05, 3.63) is 70.4 Å². The molecule has 2 aromatic carbocycles. The predicted octanol–water partition coefficient (Wildman–Crippen LogP) is 4.19. The van der Waals surface area contributed by atoms with Crippen molar-refractivity contribution in [1.82, 2.24) is 5.32 Å². The highest BCUT2D eigenvalue weighted by Crippen LogP contribution is 2.18. The molecule has 0 atom stereocenters. The van der Waals surface area contributed by atoms with Crippen LogP contribution in [0, 0.1) is 0 Å². The Balaban J connectivity index is 1.50. The molecule has 3 aromatic rings. The van der Waals surface area contributed by atoms with Gasteiger partial charge < -0.3 is 5.32 Å². The van der Waals surface area contributed by atoms with Crippen molar-refractivity contribution in [1.29, 1.82) is 0 Å². The van der Waals surface area contributed by atoms with Gasteiger partial charge in [0.2, 0.25) is 5.91 Å². The number of benzene rings is 2. The normalized spacial score (nSPS) is 10.7. The fourth-order valence-corrected chi connectivity index (χ4v) is 3.34. The van der Waals surface area contributed by atoms with E-state index in [1.54, 1.807) is 11.3 Å². The average molecular weight is 309 g/mol. The lowest BCUT2D eigenvalue weighted by atomic mass is 10.0. The van der Waals surface area contributed by atoms with Gasteiger partial charge in [-0.1, -0.05) is 48.5 Å². The zero-order chi connectivity index (χ0) is 15.2. The molecule has 0 aliphatic rings. The molecule has 1 N–H and O–H groups in total. The molecule has 22 heavy (non-hydrogen) atoms. The lowest BCUT2D eigenvalue weighted by Gasteiger charge is -2.08. The molecule has 0 spiro atoms. The molecular weight excluding hydrogens is 290 g/mol. The standard InChI is InChI=1S/C19H19NOS/c21-19(11-10-17-8-4-14-22-17)20-13-12-16-7-3-6-15-5-1-2-9-18(15)16/h1-9,14H,10-13H2,(H,20,21). The van der Waals surface area contributed by atoms with Gasteiger partial charge >= 0.3 is 0 Å². The van der Waals surface area contributed by atoms with Crippen LogP contribution in [0.4, 0.5) is 0 Å². The van der Waals surface area contributed by atoms with Gasteiger partial charge in [0, 0.05) is 17.8 Å². The van der Waals surface area contributed by atoms with Crippen molar-refractivity contribution in [2.45, 2.75) is 19.3 Å². The lowest BCUT2D eigenvalue weighted by molar-refractivity contribution is -0.121. The van der Waals surface area contributed by atoms with Crippen molar-refractivity contribution < 1.29 is 4.79 Å². The highest BCUT2D eigenvalue weighted by atomic mass is 32.1. The molecule has 1 heterocycles. The van der Waals surface area contributed by atoms with E-state index in [1.165, 1.54) is 21.2 Å². The van der Waals surface area contributed by atoms with Crippen LogP contribution in [0.2, 0.25) is 0 Å². The smallest absolute Gasteiger partial charge is 0.220 e. The van der Waals surface area contributed by atoms with Gasteiger partial charge in [-0.3, -0.25) is 4.79 Å². The number of rotatable bonds is 6. The van der Waals surface area contributed by atoms with Crippen LogP contribution in [0.5, 0.6) is 0 Å².